The minimum atomic E-state index is -2.60. The molecule has 2 aromatic heterocycles. The normalized spacial score (nSPS) is 22.7. The Balaban J connectivity index is 1.55. The number of anilines is 1. The Labute approximate surface area is 194 Å². The van der Waals surface area contributed by atoms with Gasteiger partial charge in [0, 0.05) is 54.3 Å². The lowest BCUT2D eigenvalue weighted by atomic mass is 10.0. The average Bonchev–Trinajstić information content (AvgIpc) is 3.25. The summed E-state index contributed by atoms with van der Waals surface area (Å²) in [5.41, 5.74) is 4.15. The Kier molecular flexibility index (Phi) is 5.99. The lowest BCUT2D eigenvalue weighted by Gasteiger charge is -2.28. The molecule has 0 aliphatic carbocycles. The molecule has 8 heteroatoms. The van der Waals surface area contributed by atoms with Crippen molar-refractivity contribution < 1.29 is 4.57 Å². The van der Waals surface area contributed by atoms with Gasteiger partial charge in [0.2, 0.25) is 5.95 Å². The third-order valence-electron chi connectivity index (χ3n) is 7.12. The van der Waals surface area contributed by atoms with E-state index < -0.39 is 7.14 Å². The fourth-order valence-corrected chi connectivity index (χ4v) is 8.52. The SMILES string of the molecule is Cc1cnc(NC2CC[C@H](C)NC2)nc1-c1c[nH]c2c(P3(=O)CCCCC3)c(C#N)ccc12. The predicted molar refractivity (Wildman–Crippen MR) is 134 cm³/mol. The molecule has 3 N–H and O–H groups in total. The molecule has 7 nitrogen and oxygen atoms in total. The predicted octanol–water partition coefficient (Wildman–Crippen LogP) is 4.53. The molecule has 1 unspecified atom stereocenters. The van der Waals surface area contributed by atoms with E-state index in [1.807, 2.05) is 31.5 Å². The van der Waals surface area contributed by atoms with E-state index in [-0.39, 0.29) is 0 Å². The Morgan fingerprint density at radius 1 is 1.21 bits per heavy atom. The number of benzene rings is 1. The van der Waals surface area contributed by atoms with Gasteiger partial charge in [-0.15, -0.1) is 0 Å². The summed E-state index contributed by atoms with van der Waals surface area (Å²) in [5.74, 6) is 0.625. The van der Waals surface area contributed by atoms with Gasteiger partial charge in [0.05, 0.1) is 28.1 Å². The fourth-order valence-electron chi connectivity index (χ4n) is 5.23. The van der Waals surface area contributed by atoms with E-state index in [4.69, 9.17) is 4.98 Å². The third-order valence-corrected chi connectivity index (χ3v) is 10.5. The van der Waals surface area contributed by atoms with Crippen molar-refractivity contribution >= 4 is 29.3 Å². The summed E-state index contributed by atoms with van der Waals surface area (Å²) in [6, 6.07) is 6.94. The topological polar surface area (TPSA) is 106 Å². The summed E-state index contributed by atoms with van der Waals surface area (Å²) in [6.45, 7) is 5.12. The fraction of sp³-hybridized carbons (Fsp3) is 0.480. The minimum Gasteiger partial charge on any atom is -0.360 e. The molecule has 4 heterocycles. The molecule has 0 amide bonds. The molecule has 1 aromatic carbocycles. The van der Waals surface area contributed by atoms with Crippen molar-refractivity contribution in [3.63, 3.8) is 0 Å². The molecule has 2 saturated heterocycles. The van der Waals surface area contributed by atoms with E-state index in [9.17, 15) is 9.83 Å². The number of aryl methyl sites for hydroxylation is 1. The number of hydrogen-bond acceptors (Lipinski definition) is 6. The second-order valence-corrected chi connectivity index (χ2v) is 12.7. The molecule has 172 valence electrons. The highest BCUT2D eigenvalue weighted by molar-refractivity contribution is 7.72. The van der Waals surface area contributed by atoms with Crippen LogP contribution in [0.5, 0.6) is 0 Å². The number of hydrogen-bond donors (Lipinski definition) is 3. The molecule has 2 fully saturated rings. The summed E-state index contributed by atoms with van der Waals surface area (Å²) < 4.78 is 13.9. The van der Waals surface area contributed by atoms with E-state index >= 15 is 0 Å². The molecule has 0 radical (unpaired) electrons. The van der Waals surface area contributed by atoms with E-state index in [1.54, 1.807) is 0 Å². The van der Waals surface area contributed by atoms with Gasteiger partial charge in [-0.2, -0.15) is 5.26 Å². The standard InChI is InChI=1S/C25H31N6OP/c1-16-13-29-25(30-19-8-6-17(2)27-14-19)31-22(16)21-15-28-23-20(21)9-7-18(12-26)24(23)33(32)10-4-3-5-11-33/h7,9,13,15,17,19,27-28H,3-6,8,10-11,14H2,1-2H3,(H,29,30,31)/t17-,19?/m0/s1. The van der Waals surface area contributed by atoms with Gasteiger partial charge in [-0.3, -0.25) is 0 Å². The number of fused-ring (bicyclic) bond motifs is 1. The van der Waals surface area contributed by atoms with E-state index in [1.165, 1.54) is 0 Å². The van der Waals surface area contributed by atoms with Crippen LogP contribution in [0.4, 0.5) is 5.95 Å². The van der Waals surface area contributed by atoms with Crippen LogP contribution in [0, 0.1) is 18.3 Å². The zero-order valence-corrected chi connectivity index (χ0v) is 20.2. The largest absolute Gasteiger partial charge is 0.360 e. The zero-order valence-electron chi connectivity index (χ0n) is 19.3. The smallest absolute Gasteiger partial charge is 0.223 e. The molecular formula is C25H31N6OP. The number of rotatable bonds is 4. The first-order chi connectivity index (χ1) is 16.0. The molecule has 2 atom stereocenters. The number of aromatic amines is 1. The maximum Gasteiger partial charge on any atom is 0.223 e. The highest BCUT2D eigenvalue weighted by Gasteiger charge is 2.32. The van der Waals surface area contributed by atoms with Gasteiger partial charge in [-0.1, -0.05) is 12.5 Å². The zero-order chi connectivity index (χ0) is 23.0. The molecule has 5 rings (SSSR count). The maximum absolute atomic E-state index is 13.9. The first kappa shape index (κ1) is 22.1. The van der Waals surface area contributed by atoms with Gasteiger partial charge >= 0.3 is 0 Å². The quantitative estimate of drug-likeness (QED) is 0.492. The van der Waals surface area contributed by atoms with Crippen molar-refractivity contribution in [2.24, 2.45) is 0 Å². The Bertz CT molecular complexity index is 1260. The minimum absolute atomic E-state index is 0.306. The molecule has 2 aliphatic rings. The highest BCUT2D eigenvalue weighted by atomic mass is 31.2. The second-order valence-electron chi connectivity index (χ2n) is 9.55. The Morgan fingerprint density at radius 3 is 2.76 bits per heavy atom. The van der Waals surface area contributed by atoms with E-state index in [0.29, 0.717) is 35.9 Å². The number of nitrogens with zero attached hydrogens (tertiary/aromatic N) is 3. The second kappa shape index (κ2) is 8.93. The van der Waals surface area contributed by atoms with Gasteiger partial charge in [0.25, 0.3) is 0 Å². The molecule has 0 saturated carbocycles. The van der Waals surface area contributed by atoms with Gasteiger partial charge < -0.3 is 20.2 Å². The van der Waals surface area contributed by atoms with Crippen LogP contribution in [0.3, 0.4) is 0 Å². The van der Waals surface area contributed by atoms with Gasteiger partial charge in [-0.05, 0) is 51.2 Å². The van der Waals surface area contributed by atoms with Crippen molar-refractivity contribution in [2.75, 3.05) is 24.2 Å². The van der Waals surface area contributed by atoms with Crippen LogP contribution < -0.4 is 15.9 Å². The molecule has 2 aliphatic heterocycles. The van der Waals surface area contributed by atoms with Crippen LogP contribution in [0.15, 0.2) is 24.5 Å². The van der Waals surface area contributed by atoms with Gasteiger partial charge in [-0.25, -0.2) is 9.97 Å². The summed E-state index contributed by atoms with van der Waals surface area (Å²) in [5, 5.41) is 18.5. The van der Waals surface area contributed by atoms with Crippen molar-refractivity contribution in [1.82, 2.24) is 20.3 Å². The monoisotopic (exact) mass is 462 g/mol. The van der Waals surface area contributed by atoms with Crippen molar-refractivity contribution in [3.8, 4) is 17.3 Å². The van der Waals surface area contributed by atoms with Crippen molar-refractivity contribution in [3.05, 3.63) is 35.7 Å². The molecule has 0 spiro atoms. The molecule has 0 bridgehead atoms. The summed E-state index contributed by atoms with van der Waals surface area (Å²) >= 11 is 0. The number of H-pyrrole nitrogens is 1. The maximum atomic E-state index is 13.9. The van der Waals surface area contributed by atoms with Crippen LogP contribution in [0.2, 0.25) is 0 Å². The summed E-state index contributed by atoms with van der Waals surface area (Å²) in [4.78, 5) is 12.8. The summed E-state index contributed by atoms with van der Waals surface area (Å²) in [7, 11) is -2.60. The van der Waals surface area contributed by atoms with E-state index in [2.05, 4.69) is 33.6 Å². The van der Waals surface area contributed by atoms with Crippen molar-refractivity contribution in [1.29, 1.82) is 5.26 Å². The molecule has 3 aromatic rings. The number of aromatic nitrogens is 3. The van der Waals surface area contributed by atoms with Crippen LogP contribution in [0.1, 0.15) is 50.2 Å². The number of nitrogens with one attached hydrogen (secondary N) is 3. The van der Waals surface area contributed by atoms with Gasteiger partial charge in [0.1, 0.15) is 7.14 Å². The van der Waals surface area contributed by atoms with Crippen LogP contribution in [0.25, 0.3) is 22.2 Å². The number of nitriles is 1. The van der Waals surface area contributed by atoms with Crippen molar-refractivity contribution in [2.45, 2.75) is 58.0 Å². The molecule has 33 heavy (non-hydrogen) atoms. The third kappa shape index (κ3) is 4.18. The van der Waals surface area contributed by atoms with E-state index in [0.717, 1.165) is 71.7 Å². The first-order valence-electron chi connectivity index (χ1n) is 12.0. The lowest BCUT2D eigenvalue weighted by molar-refractivity contribution is 0.397. The van der Waals surface area contributed by atoms with Crippen LogP contribution in [-0.4, -0.2) is 45.9 Å². The van der Waals surface area contributed by atoms with Gasteiger partial charge in [0.15, 0.2) is 0 Å². The Hall–Kier alpha value is -2.68. The molecular weight excluding hydrogens is 431 g/mol. The highest BCUT2D eigenvalue weighted by Crippen LogP contribution is 2.51. The van der Waals surface area contributed by atoms with Crippen LogP contribution in [-0.2, 0) is 4.57 Å². The lowest BCUT2D eigenvalue weighted by Crippen LogP contribution is -2.43. The van der Waals surface area contributed by atoms with Crippen LogP contribution >= 0.6 is 7.14 Å². The summed E-state index contributed by atoms with van der Waals surface area (Å²) in [6.07, 6.45) is 10.4. The Morgan fingerprint density at radius 2 is 2.03 bits per heavy atom. The first-order valence-corrected chi connectivity index (χ1v) is 14.0. The average molecular weight is 463 g/mol. The number of piperidine rings is 1.